The van der Waals surface area contributed by atoms with Crippen LogP contribution in [0.25, 0.3) is 11.0 Å². The molecule has 0 aliphatic rings. The van der Waals surface area contributed by atoms with Gasteiger partial charge in [0, 0.05) is 12.1 Å². The second-order valence-electron chi connectivity index (χ2n) is 4.74. The van der Waals surface area contributed by atoms with Crippen molar-refractivity contribution >= 4 is 17.0 Å². The number of benzene rings is 2. The highest BCUT2D eigenvalue weighted by Gasteiger charge is 2.13. The van der Waals surface area contributed by atoms with Gasteiger partial charge < -0.3 is 19.8 Å². The predicted molar refractivity (Wildman–Crippen MR) is 82.8 cm³/mol. The standard InChI is InChI=1S/C16H17N3O2/c1-20-14-8-12-13(9-15(14)21-2)19(16(17)18-12)10-11-6-4-3-5-7-11/h3-9H,10H2,1-2H3,(H2,17,18). The monoisotopic (exact) mass is 283 g/mol. The highest BCUT2D eigenvalue weighted by Crippen LogP contribution is 2.33. The maximum absolute atomic E-state index is 6.05. The van der Waals surface area contributed by atoms with E-state index in [4.69, 9.17) is 15.2 Å². The number of hydrogen-bond acceptors (Lipinski definition) is 4. The number of rotatable bonds is 4. The fourth-order valence-electron chi connectivity index (χ4n) is 2.40. The molecule has 108 valence electrons. The number of nitrogens with two attached hydrogens (primary N) is 1. The first kappa shape index (κ1) is 13.3. The van der Waals surface area contributed by atoms with Crippen molar-refractivity contribution in [3.8, 4) is 11.5 Å². The van der Waals surface area contributed by atoms with Crippen LogP contribution in [0, 0.1) is 0 Å². The third-order valence-corrected chi connectivity index (χ3v) is 3.47. The van der Waals surface area contributed by atoms with Gasteiger partial charge in [-0.15, -0.1) is 0 Å². The largest absolute Gasteiger partial charge is 0.493 e. The number of fused-ring (bicyclic) bond motifs is 1. The SMILES string of the molecule is COc1cc2nc(N)n(Cc3ccccc3)c2cc1OC. The van der Waals surface area contributed by atoms with Crippen molar-refractivity contribution in [2.75, 3.05) is 20.0 Å². The van der Waals surface area contributed by atoms with Gasteiger partial charge in [-0.3, -0.25) is 0 Å². The Kier molecular flexibility index (Phi) is 3.39. The van der Waals surface area contributed by atoms with E-state index < -0.39 is 0 Å². The summed E-state index contributed by atoms with van der Waals surface area (Å²) >= 11 is 0. The molecular formula is C16H17N3O2. The number of nitrogens with zero attached hydrogens (tertiary/aromatic N) is 2. The summed E-state index contributed by atoms with van der Waals surface area (Å²) in [5.74, 6) is 1.79. The van der Waals surface area contributed by atoms with Crippen LogP contribution >= 0.6 is 0 Å². The Morgan fingerprint density at radius 3 is 2.38 bits per heavy atom. The lowest BCUT2D eigenvalue weighted by Gasteiger charge is -2.09. The first-order valence-electron chi connectivity index (χ1n) is 6.64. The summed E-state index contributed by atoms with van der Waals surface area (Å²) in [7, 11) is 3.22. The highest BCUT2D eigenvalue weighted by molar-refractivity contribution is 5.82. The number of ether oxygens (including phenoxy) is 2. The molecule has 0 bridgehead atoms. The molecule has 5 heteroatoms. The topological polar surface area (TPSA) is 62.3 Å². The molecule has 0 atom stereocenters. The minimum absolute atomic E-state index is 0.476. The van der Waals surface area contributed by atoms with Crippen molar-refractivity contribution in [1.29, 1.82) is 0 Å². The summed E-state index contributed by atoms with van der Waals surface area (Å²) < 4.78 is 12.6. The predicted octanol–water partition coefficient (Wildman–Crippen LogP) is 2.68. The number of hydrogen-bond donors (Lipinski definition) is 1. The zero-order valence-electron chi connectivity index (χ0n) is 12.0. The zero-order valence-corrected chi connectivity index (χ0v) is 12.0. The average molecular weight is 283 g/mol. The maximum atomic E-state index is 6.05. The summed E-state index contributed by atoms with van der Waals surface area (Å²) in [4.78, 5) is 4.40. The molecule has 0 aliphatic carbocycles. The van der Waals surface area contributed by atoms with Crippen molar-refractivity contribution in [1.82, 2.24) is 9.55 Å². The van der Waals surface area contributed by atoms with Gasteiger partial charge in [-0.2, -0.15) is 0 Å². The van der Waals surface area contributed by atoms with Crippen molar-refractivity contribution in [3.05, 3.63) is 48.0 Å². The van der Waals surface area contributed by atoms with E-state index in [0.29, 0.717) is 24.0 Å². The number of nitrogen functional groups attached to an aromatic ring is 1. The molecule has 0 spiro atoms. The summed E-state index contributed by atoms with van der Waals surface area (Å²) in [6.45, 7) is 0.665. The molecule has 0 unspecified atom stereocenters. The van der Waals surface area contributed by atoms with Crippen LogP contribution in [0.4, 0.5) is 5.95 Å². The molecule has 1 aromatic heterocycles. The van der Waals surface area contributed by atoms with Gasteiger partial charge in [-0.1, -0.05) is 30.3 Å². The summed E-state index contributed by atoms with van der Waals surface area (Å²) in [5, 5.41) is 0. The number of methoxy groups -OCH3 is 2. The minimum Gasteiger partial charge on any atom is -0.493 e. The van der Waals surface area contributed by atoms with Gasteiger partial charge in [-0.05, 0) is 5.56 Å². The quantitative estimate of drug-likeness (QED) is 0.799. The summed E-state index contributed by atoms with van der Waals surface area (Å²) in [6.07, 6.45) is 0. The van der Waals surface area contributed by atoms with Gasteiger partial charge >= 0.3 is 0 Å². The van der Waals surface area contributed by atoms with E-state index in [1.165, 1.54) is 5.56 Å². The second kappa shape index (κ2) is 5.36. The van der Waals surface area contributed by atoms with Crippen LogP contribution in [-0.4, -0.2) is 23.8 Å². The second-order valence-corrected chi connectivity index (χ2v) is 4.74. The third kappa shape index (κ3) is 2.38. The Bertz CT molecular complexity index is 766. The Hall–Kier alpha value is -2.69. The Labute approximate surface area is 122 Å². The molecular weight excluding hydrogens is 266 g/mol. The fourth-order valence-corrected chi connectivity index (χ4v) is 2.40. The maximum Gasteiger partial charge on any atom is 0.201 e. The molecule has 0 radical (unpaired) electrons. The van der Waals surface area contributed by atoms with E-state index in [0.717, 1.165) is 11.0 Å². The zero-order chi connectivity index (χ0) is 14.8. The van der Waals surface area contributed by atoms with Crippen molar-refractivity contribution in [3.63, 3.8) is 0 Å². The van der Waals surface area contributed by atoms with E-state index in [9.17, 15) is 0 Å². The number of imidazole rings is 1. The first-order chi connectivity index (χ1) is 10.2. The minimum atomic E-state index is 0.476. The van der Waals surface area contributed by atoms with Crippen LogP contribution in [0.5, 0.6) is 11.5 Å². The molecule has 3 aromatic rings. The summed E-state index contributed by atoms with van der Waals surface area (Å²) in [6, 6.07) is 13.9. The molecule has 0 amide bonds. The van der Waals surface area contributed by atoms with E-state index in [1.54, 1.807) is 14.2 Å². The van der Waals surface area contributed by atoms with Gasteiger partial charge in [0.2, 0.25) is 5.95 Å². The molecule has 1 heterocycles. The van der Waals surface area contributed by atoms with Crippen LogP contribution < -0.4 is 15.2 Å². The Morgan fingerprint density at radius 2 is 1.71 bits per heavy atom. The van der Waals surface area contributed by atoms with Crippen molar-refractivity contribution in [2.45, 2.75) is 6.54 Å². The van der Waals surface area contributed by atoms with Gasteiger partial charge in [0.1, 0.15) is 0 Å². The Balaban J connectivity index is 2.12. The van der Waals surface area contributed by atoms with Crippen LogP contribution in [0.15, 0.2) is 42.5 Å². The van der Waals surface area contributed by atoms with Gasteiger partial charge in [0.15, 0.2) is 11.5 Å². The van der Waals surface area contributed by atoms with Crippen molar-refractivity contribution < 1.29 is 9.47 Å². The molecule has 3 rings (SSSR count). The van der Waals surface area contributed by atoms with Crippen LogP contribution in [0.1, 0.15) is 5.56 Å². The smallest absolute Gasteiger partial charge is 0.201 e. The van der Waals surface area contributed by atoms with Crippen LogP contribution in [-0.2, 0) is 6.54 Å². The summed E-state index contributed by atoms with van der Waals surface area (Å²) in [5.41, 5.74) is 8.94. The fraction of sp³-hybridized carbons (Fsp3) is 0.188. The molecule has 21 heavy (non-hydrogen) atoms. The molecule has 0 fully saturated rings. The lowest BCUT2D eigenvalue weighted by atomic mass is 10.2. The molecule has 5 nitrogen and oxygen atoms in total. The third-order valence-electron chi connectivity index (χ3n) is 3.47. The van der Waals surface area contributed by atoms with Crippen LogP contribution in [0.2, 0.25) is 0 Å². The van der Waals surface area contributed by atoms with E-state index in [-0.39, 0.29) is 0 Å². The van der Waals surface area contributed by atoms with Gasteiger partial charge in [0.05, 0.1) is 31.8 Å². The Morgan fingerprint density at radius 1 is 1.05 bits per heavy atom. The highest BCUT2D eigenvalue weighted by atomic mass is 16.5. The molecule has 2 aromatic carbocycles. The first-order valence-corrected chi connectivity index (χ1v) is 6.64. The van der Waals surface area contributed by atoms with E-state index in [2.05, 4.69) is 17.1 Å². The molecule has 0 aliphatic heterocycles. The van der Waals surface area contributed by atoms with E-state index in [1.807, 2.05) is 34.9 Å². The lowest BCUT2D eigenvalue weighted by molar-refractivity contribution is 0.355. The van der Waals surface area contributed by atoms with E-state index >= 15 is 0 Å². The normalized spacial score (nSPS) is 10.8. The molecule has 0 saturated carbocycles. The number of aromatic nitrogens is 2. The molecule has 0 saturated heterocycles. The molecule has 2 N–H and O–H groups in total. The number of anilines is 1. The van der Waals surface area contributed by atoms with Crippen LogP contribution in [0.3, 0.4) is 0 Å². The van der Waals surface area contributed by atoms with Gasteiger partial charge in [0.25, 0.3) is 0 Å². The van der Waals surface area contributed by atoms with Crippen molar-refractivity contribution in [2.24, 2.45) is 0 Å². The van der Waals surface area contributed by atoms with Gasteiger partial charge in [-0.25, -0.2) is 4.98 Å². The lowest BCUT2D eigenvalue weighted by Crippen LogP contribution is -2.04. The average Bonchev–Trinajstić information content (AvgIpc) is 2.82.